The Hall–Kier alpha value is -0.790. The molecule has 0 amide bonds. The van der Waals surface area contributed by atoms with E-state index < -0.39 is 5.97 Å². The minimum atomic E-state index is -0.759. The first-order valence-electron chi connectivity index (χ1n) is 2.95. The maximum atomic E-state index is 10.3. The van der Waals surface area contributed by atoms with Gasteiger partial charge in [-0.15, -0.1) is 0 Å². The van der Waals surface area contributed by atoms with E-state index in [-0.39, 0.29) is 5.92 Å². The van der Waals surface area contributed by atoms with Gasteiger partial charge in [0, 0.05) is 0 Å². The smallest absolute Gasteiger partial charge is 0.310 e. The normalized spacial score (nSPS) is 15.2. The van der Waals surface area contributed by atoms with E-state index in [9.17, 15) is 4.79 Å². The van der Waals surface area contributed by atoms with Crippen LogP contribution in [0.3, 0.4) is 0 Å². The van der Waals surface area contributed by atoms with Crippen molar-refractivity contribution in [2.45, 2.75) is 20.8 Å². The maximum Gasteiger partial charge on any atom is 0.310 e. The second-order valence-electron chi connectivity index (χ2n) is 2.09. The molecule has 1 atom stereocenters. The van der Waals surface area contributed by atoms with Crippen LogP contribution in [0, 0.1) is 5.92 Å². The highest BCUT2D eigenvalue weighted by atomic mass is 16.4. The molecule has 9 heavy (non-hydrogen) atoms. The summed E-state index contributed by atoms with van der Waals surface area (Å²) >= 11 is 0. The standard InChI is InChI=1S/C7H12O2/c1-4-5(2)6(3)7(8)9/h4,6H,1-3H3,(H,8,9)/b5-4+. The summed E-state index contributed by atoms with van der Waals surface area (Å²) in [4.78, 5) is 10.3. The largest absolute Gasteiger partial charge is 0.481 e. The predicted molar refractivity (Wildman–Crippen MR) is 36.2 cm³/mol. The summed E-state index contributed by atoms with van der Waals surface area (Å²) in [6, 6.07) is 0. The van der Waals surface area contributed by atoms with Gasteiger partial charge < -0.3 is 5.11 Å². The fourth-order valence-corrected chi connectivity index (χ4v) is 0.445. The van der Waals surface area contributed by atoms with Gasteiger partial charge in [-0.2, -0.15) is 0 Å². The molecule has 0 aliphatic rings. The zero-order chi connectivity index (χ0) is 7.44. The quantitative estimate of drug-likeness (QED) is 0.574. The minimum absolute atomic E-state index is 0.338. The molecule has 0 rings (SSSR count). The second-order valence-corrected chi connectivity index (χ2v) is 2.09. The first-order valence-corrected chi connectivity index (χ1v) is 2.95. The van der Waals surface area contributed by atoms with Gasteiger partial charge in [-0.25, -0.2) is 0 Å². The number of aliphatic carboxylic acids is 1. The minimum Gasteiger partial charge on any atom is -0.481 e. The summed E-state index contributed by atoms with van der Waals surface area (Å²) in [6.07, 6.45) is 1.82. The molecular weight excluding hydrogens is 116 g/mol. The topological polar surface area (TPSA) is 37.3 Å². The van der Waals surface area contributed by atoms with Crippen LogP contribution in [-0.2, 0) is 4.79 Å². The lowest BCUT2D eigenvalue weighted by Gasteiger charge is -2.03. The zero-order valence-electron chi connectivity index (χ0n) is 6.01. The van der Waals surface area contributed by atoms with Crippen LogP contribution in [0.25, 0.3) is 0 Å². The Labute approximate surface area is 55.2 Å². The van der Waals surface area contributed by atoms with Gasteiger partial charge >= 0.3 is 5.97 Å². The Morgan fingerprint density at radius 3 is 2.22 bits per heavy atom. The van der Waals surface area contributed by atoms with E-state index in [2.05, 4.69) is 0 Å². The average molecular weight is 128 g/mol. The van der Waals surface area contributed by atoms with Crippen molar-refractivity contribution >= 4 is 5.97 Å². The van der Waals surface area contributed by atoms with Crippen LogP contribution in [0.4, 0.5) is 0 Å². The summed E-state index contributed by atoms with van der Waals surface area (Å²) in [5.74, 6) is -1.10. The van der Waals surface area contributed by atoms with Crippen LogP contribution < -0.4 is 0 Å². The Bertz CT molecular complexity index is 136. The van der Waals surface area contributed by atoms with E-state index in [4.69, 9.17) is 5.11 Å². The fourth-order valence-electron chi connectivity index (χ4n) is 0.445. The van der Waals surface area contributed by atoms with E-state index in [0.29, 0.717) is 0 Å². The highest BCUT2D eigenvalue weighted by molar-refractivity contribution is 5.72. The predicted octanol–water partition coefficient (Wildman–Crippen LogP) is 1.67. The molecule has 1 unspecified atom stereocenters. The van der Waals surface area contributed by atoms with Gasteiger partial charge in [-0.3, -0.25) is 4.79 Å². The second kappa shape index (κ2) is 3.28. The zero-order valence-corrected chi connectivity index (χ0v) is 6.01. The van der Waals surface area contributed by atoms with Crippen LogP contribution in [-0.4, -0.2) is 11.1 Å². The molecule has 0 radical (unpaired) electrons. The Morgan fingerprint density at radius 1 is 1.67 bits per heavy atom. The van der Waals surface area contributed by atoms with Gasteiger partial charge in [0.25, 0.3) is 0 Å². The Morgan fingerprint density at radius 2 is 2.11 bits per heavy atom. The van der Waals surface area contributed by atoms with E-state index >= 15 is 0 Å². The number of carbonyl (C=O) groups is 1. The van der Waals surface area contributed by atoms with Crippen molar-refractivity contribution in [2.75, 3.05) is 0 Å². The van der Waals surface area contributed by atoms with Gasteiger partial charge in [-0.05, 0) is 20.8 Å². The van der Waals surface area contributed by atoms with Crippen LogP contribution in [0.1, 0.15) is 20.8 Å². The number of allylic oxidation sites excluding steroid dienone is 1. The van der Waals surface area contributed by atoms with Crippen LogP contribution >= 0.6 is 0 Å². The summed E-state index contributed by atoms with van der Waals surface area (Å²) in [5, 5.41) is 8.44. The number of rotatable bonds is 2. The lowest BCUT2D eigenvalue weighted by atomic mass is 10.0. The van der Waals surface area contributed by atoms with E-state index in [1.807, 2.05) is 19.9 Å². The van der Waals surface area contributed by atoms with Gasteiger partial charge in [0.1, 0.15) is 0 Å². The van der Waals surface area contributed by atoms with Crippen molar-refractivity contribution in [3.8, 4) is 0 Å². The van der Waals surface area contributed by atoms with Crippen molar-refractivity contribution in [2.24, 2.45) is 5.92 Å². The van der Waals surface area contributed by atoms with Crippen LogP contribution in [0.2, 0.25) is 0 Å². The third kappa shape index (κ3) is 2.31. The van der Waals surface area contributed by atoms with Gasteiger partial charge in [0.05, 0.1) is 5.92 Å². The van der Waals surface area contributed by atoms with Gasteiger partial charge in [0.2, 0.25) is 0 Å². The van der Waals surface area contributed by atoms with Gasteiger partial charge in [0.15, 0.2) is 0 Å². The molecular formula is C7H12O2. The van der Waals surface area contributed by atoms with Crippen molar-refractivity contribution in [3.63, 3.8) is 0 Å². The number of hydrogen-bond donors (Lipinski definition) is 1. The SMILES string of the molecule is C/C=C(\C)C(C)C(=O)O. The average Bonchev–Trinajstić information content (AvgIpc) is 1.84. The lowest BCUT2D eigenvalue weighted by molar-refractivity contribution is -0.139. The highest BCUT2D eigenvalue weighted by Crippen LogP contribution is 2.07. The van der Waals surface area contributed by atoms with Gasteiger partial charge in [-0.1, -0.05) is 11.6 Å². The molecule has 52 valence electrons. The lowest BCUT2D eigenvalue weighted by Crippen LogP contribution is -2.09. The van der Waals surface area contributed by atoms with Crippen molar-refractivity contribution in [3.05, 3.63) is 11.6 Å². The fraction of sp³-hybridized carbons (Fsp3) is 0.571. The number of carboxylic acid groups (broad SMARTS) is 1. The molecule has 0 fully saturated rings. The molecule has 0 aromatic carbocycles. The summed E-state index contributed by atoms with van der Waals surface area (Å²) < 4.78 is 0. The van der Waals surface area contributed by atoms with E-state index in [1.165, 1.54) is 0 Å². The monoisotopic (exact) mass is 128 g/mol. The Balaban J connectivity index is 4.04. The highest BCUT2D eigenvalue weighted by Gasteiger charge is 2.10. The molecule has 0 aromatic heterocycles. The molecule has 0 saturated carbocycles. The van der Waals surface area contributed by atoms with Crippen molar-refractivity contribution < 1.29 is 9.90 Å². The molecule has 0 spiro atoms. The molecule has 0 bridgehead atoms. The molecule has 2 nitrogen and oxygen atoms in total. The van der Waals surface area contributed by atoms with Crippen molar-refractivity contribution in [1.82, 2.24) is 0 Å². The van der Waals surface area contributed by atoms with E-state index in [0.717, 1.165) is 5.57 Å². The number of carboxylic acids is 1. The molecule has 2 heteroatoms. The first kappa shape index (κ1) is 8.21. The van der Waals surface area contributed by atoms with Crippen LogP contribution in [0.5, 0.6) is 0 Å². The molecule has 0 heterocycles. The summed E-state index contributed by atoms with van der Waals surface area (Å²) in [5.41, 5.74) is 0.905. The van der Waals surface area contributed by atoms with Crippen LogP contribution in [0.15, 0.2) is 11.6 Å². The molecule has 0 aliphatic carbocycles. The summed E-state index contributed by atoms with van der Waals surface area (Å²) in [6.45, 7) is 5.34. The maximum absolute atomic E-state index is 10.3. The summed E-state index contributed by atoms with van der Waals surface area (Å²) in [7, 11) is 0. The number of hydrogen-bond acceptors (Lipinski definition) is 1. The first-order chi connectivity index (χ1) is 4.09. The Kier molecular flexibility index (Phi) is 2.99. The van der Waals surface area contributed by atoms with Crippen molar-refractivity contribution in [1.29, 1.82) is 0 Å². The molecule has 0 aromatic rings. The van der Waals surface area contributed by atoms with E-state index in [1.54, 1.807) is 6.92 Å². The molecule has 0 saturated heterocycles. The molecule has 0 aliphatic heterocycles. The third-order valence-corrected chi connectivity index (χ3v) is 1.51. The third-order valence-electron chi connectivity index (χ3n) is 1.51. The molecule has 1 N–H and O–H groups in total.